The third-order valence-corrected chi connectivity index (χ3v) is 2.76. The summed E-state index contributed by atoms with van der Waals surface area (Å²) >= 11 is 0. The Bertz CT molecular complexity index is 626. The molecular formula is C14H11NO. The number of aromatic nitrogens is 1. The first-order chi connectivity index (χ1) is 7.84. The Hall–Kier alpha value is -2.09. The second-order valence-electron chi connectivity index (χ2n) is 3.84. The van der Waals surface area contributed by atoms with Gasteiger partial charge < -0.3 is 4.52 Å². The molecule has 2 aromatic carbocycles. The maximum Gasteiger partial charge on any atom is 0.167 e. The van der Waals surface area contributed by atoms with Crippen LogP contribution in [-0.4, -0.2) is 5.16 Å². The van der Waals surface area contributed by atoms with E-state index in [-0.39, 0.29) is 0 Å². The monoisotopic (exact) mass is 209 g/mol. The van der Waals surface area contributed by atoms with E-state index in [0.29, 0.717) is 0 Å². The van der Waals surface area contributed by atoms with E-state index in [4.69, 9.17) is 4.52 Å². The third kappa shape index (κ3) is 1.39. The summed E-state index contributed by atoms with van der Waals surface area (Å²) in [6, 6.07) is 16.4. The summed E-state index contributed by atoms with van der Waals surface area (Å²) in [6.45, 7) is 1.95. The highest BCUT2D eigenvalue weighted by molar-refractivity contribution is 5.84. The van der Waals surface area contributed by atoms with Crippen molar-refractivity contribution >= 4 is 11.0 Å². The van der Waals surface area contributed by atoms with E-state index in [2.05, 4.69) is 29.4 Å². The maximum absolute atomic E-state index is 5.26. The average molecular weight is 209 g/mol. The molecule has 0 amide bonds. The van der Waals surface area contributed by atoms with Crippen LogP contribution < -0.4 is 0 Å². The van der Waals surface area contributed by atoms with Crippen molar-refractivity contribution in [2.45, 2.75) is 6.92 Å². The molecule has 0 atom stereocenters. The van der Waals surface area contributed by atoms with Crippen molar-refractivity contribution in [3.63, 3.8) is 0 Å². The number of hydrogen-bond donors (Lipinski definition) is 0. The minimum absolute atomic E-state index is 0.846. The summed E-state index contributed by atoms with van der Waals surface area (Å²) in [6.07, 6.45) is 0. The predicted molar refractivity (Wildman–Crippen MR) is 64.2 cm³/mol. The first-order valence-electron chi connectivity index (χ1n) is 5.26. The molecule has 0 fully saturated rings. The Morgan fingerprint density at radius 2 is 1.75 bits per heavy atom. The van der Waals surface area contributed by atoms with E-state index < -0.39 is 0 Å². The topological polar surface area (TPSA) is 26.0 Å². The maximum atomic E-state index is 5.26. The zero-order valence-electron chi connectivity index (χ0n) is 8.97. The number of benzene rings is 2. The number of nitrogens with zero attached hydrogens (tertiary/aromatic N) is 1. The number of rotatable bonds is 1. The van der Waals surface area contributed by atoms with Crippen LogP contribution in [-0.2, 0) is 0 Å². The molecule has 16 heavy (non-hydrogen) atoms. The van der Waals surface area contributed by atoms with Gasteiger partial charge in [-0.2, -0.15) is 0 Å². The minimum atomic E-state index is 0.846. The van der Waals surface area contributed by atoms with Gasteiger partial charge in [0.05, 0.1) is 5.69 Å². The zero-order chi connectivity index (χ0) is 11.0. The molecule has 3 rings (SSSR count). The van der Waals surface area contributed by atoms with Crippen molar-refractivity contribution in [2.24, 2.45) is 0 Å². The fraction of sp³-hybridized carbons (Fsp3) is 0.0714. The highest BCUT2D eigenvalue weighted by atomic mass is 16.5. The lowest BCUT2D eigenvalue weighted by molar-refractivity contribution is 0.450. The van der Waals surface area contributed by atoms with Crippen molar-refractivity contribution in [3.05, 3.63) is 54.2 Å². The van der Waals surface area contributed by atoms with Crippen LogP contribution in [0.2, 0.25) is 0 Å². The summed E-state index contributed by atoms with van der Waals surface area (Å²) in [5.74, 6) is 0. The van der Waals surface area contributed by atoms with Gasteiger partial charge in [-0.15, -0.1) is 0 Å². The number of fused-ring (bicyclic) bond motifs is 1. The SMILES string of the molecule is Cc1noc2cc(-c3ccccc3)ccc12. The van der Waals surface area contributed by atoms with Crippen LogP contribution in [0.4, 0.5) is 0 Å². The Kier molecular flexibility index (Phi) is 2.00. The summed E-state index contributed by atoms with van der Waals surface area (Å²) in [5, 5.41) is 5.04. The molecule has 0 aliphatic carbocycles. The Morgan fingerprint density at radius 1 is 0.938 bits per heavy atom. The summed E-state index contributed by atoms with van der Waals surface area (Å²) in [5.41, 5.74) is 4.14. The van der Waals surface area contributed by atoms with Crippen molar-refractivity contribution in [1.29, 1.82) is 0 Å². The summed E-state index contributed by atoms with van der Waals surface area (Å²) in [4.78, 5) is 0. The second kappa shape index (κ2) is 3.49. The van der Waals surface area contributed by atoms with Crippen LogP contribution in [0.5, 0.6) is 0 Å². The Balaban J connectivity index is 2.19. The molecule has 0 spiro atoms. The van der Waals surface area contributed by atoms with E-state index in [1.165, 1.54) is 5.56 Å². The van der Waals surface area contributed by atoms with Crippen molar-refractivity contribution < 1.29 is 4.52 Å². The third-order valence-electron chi connectivity index (χ3n) is 2.76. The molecule has 0 aliphatic heterocycles. The lowest BCUT2D eigenvalue weighted by atomic mass is 10.0. The molecule has 2 nitrogen and oxygen atoms in total. The van der Waals surface area contributed by atoms with Gasteiger partial charge in [0.15, 0.2) is 5.58 Å². The van der Waals surface area contributed by atoms with E-state index in [9.17, 15) is 0 Å². The molecule has 0 saturated carbocycles. The van der Waals surface area contributed by atoms with Gasteiger partial charge in [-0.05, 0) is 30.2 Å². The van der Waals surface area contributed by atoms with Gasteiger partial charge in [0.2, 0.25) is 0 Å². The summed E-state index contributed by atoms with van der Waals surface area (Å²) in [7, 11) is 0. The number of aryl methyl sites for hydroxylation is 1. The Labute approximate surface area is 93.5 Å². The molecule has 2 heteroatoms. The van der Waals surface area contributed by atoms with Crippen LogP contribution >= 0.6 is 0 Å². The average Bonchev–Trinajstić information content (AvgIpc) is 2.72. The molecular weight excluding hydrogens is 198 g/mol. The number of hydrogen-bond acceptors (Lipinski definition) is 2. The van der Waals surface area contributed by atoms with Gasteiger partial charge in [0, 0.05) is 5.39 Å². The standard InChI is InChI=1S/C14H11NO/c1-10-13-8-7-12(9-14(13)16-15-10)11-5-3-2-4-6-11/h2-9H,1H3. The first kappa shape index (κ1) is 9.16. The van der Waals surface area contributed by atoms with Crippen LogP contribution in [0.15, 0.2) is 53.1 Å². The first-order valence-corrected chi connectivity index (χ1v) is 5.26. The van der Waals surface area contributed by atoms with Gasteiger partial charge in [-0.25, -0.2) is 0 Å². The van der Waals surface area contributed by atoms with Crippen molar-refractivity contribution in [2.75, 3.05) is 0 Å². The van der Waals surface area contributed by atoms with Gasteiger partial charge in [-0.1, -0.05) is 41.6 Å². The fourth-order valence-corrected chi connectivity index (χ4v) is 1.87. The van der Waals surface area contributed by atoms with Crippen LogP contribution in [0.25, 0.3) is 22.1 Å². The quantitative estimate of drug-likeness (QED) is 0.609. The Morgan fingerprint density at radius 3 is 2.56 bits per heavy atom. The van der Waals surface area contributed by atoms with Crippen LogP contribution in [0.3, 0.4) is 0 Å². The lowest BCUT2D eigenvalue weighted by Gasteiger charge is -2.00. The van der Waals surface area contributed by atoms with Crippen LogP contribution in [0.1, 0.15) is 5.69 Å². The second-order valence-corrected chi connectivity index (χ2v) is 3.84. The molecule has 0 aliphatic rings. The normalized spacial score (nSPS) is 10.8. The fourth-order valence-electron chi connectivity index (χ4n) is 1.87. The molecule has 1 heterocycles. The lowest BCUT2D eigenvalue weighted by Crippen LogP contribution is -1.76. The molecule has 1 aromatic heterocycles. The molecule has 78 valence electrons. The van der Waals surface area contributed by atoms with Crippen molar-refractivity contribution in [1.82, 2.24) is 5.16 Å². The molecule has 0 saturated heterocycles. The molecule has 3 aromatic rings. The van der Waals surface area contributed by atoms with Gasteiger partial charge in [0.25, 0.3) is 0 Å². The van der Waals surface area contributed by atoms with E-state index >= 15 is 0 Å². The largest absolute Gasteiger partial charge is 0.356 e. The molecule has 0 radical (unpaired) electrons. The van der Waals surface area contributed by atoms with E-state index in [1.807, 2.05) is 31.2 Å². The van der Waals surface area contributed by atoms with Crippen LogP contribution in [0, 0.1) is 6.92 Å². The highest BCUT2D eigenvalue weighted by Crippen LogP contribution is 2.25. The van der Waals surface area contributed by atoms with Gasteiger partial charge >= 0.3 is 0 Å². The van der Waals surface area contributed by atoms with Crippen molar-refractivity contribution in [3.8, 4) is 11.1 Å². The summed E-state index contributed by atoms with van der Waals surface area (Å²) < 4.78 is 5.26. The van der Waals surface area contributed by atoms with Gasteiger partial charge in [0.1, 0.15) is 0 Å². The molecule has 0 unspecified atom stereocenters. The predicted octanol–water partition coefficient (Wildman–Crippen LogP) is 3.80. The molecule has 0 bridgehead atoms. The van der Waals surface area contributed by atoms with E-state index in [1.54, 1.807) is 0 Å². The highest BCUT2D eigenvalue weighted by Gasteiger charge is 2.05. The smallest absolute Gasteiger partial charge is 0.167 e. The zero-order valence-corrected chi connectivity index (χ0v) is 8.97. The van der Waals surface area contributed by atoms with E-state index in [0.717, 1.165) is 22.2 Å². The van der Waals surface area contributed by atoms with Gasteiger partial charge in [-0.3, -0.25) is 0 Å². The minimum Gasteiger partial charge on any atom is -0.356 e. The molecule has 0 N–H and O–H groups in total.